The van der Waals surface area contributed by atoms with Crippen LogP contribution in [0.1, 0.15) is 12.5 Å². The molecule has 4 rings (SSSR count). The lowest BCUT2D eigenvalue weighted by Crippen LogP contribution is -2.68. The molecule has 32 heavy (non-hydrogen) atoms. The molecule has 0 saturated heterocycles. The van der Waals surface area contributed by atoms with Gasteiger partial charge in [0.1, 0.15) is 13.2 Å². The number of hydrogen-bond acceptors (Lipinski definition) is 6. The van der Waals surface area contributed by atoms with Gasteiger partial charge in [0.05, 0.1) is 22.6 Å². The lowest BCUT2D eigenvalue weighted by molar-refractivity contribution is -2.00. The molecule has 3 aromatic rings. The maximum absolute atomic E-state index is 13.0. The van der Waals surface area contributed by atoms with Gasteiger partial charge in [-0.15, -0.1) is 10.2 Å². The van der Waals surface area contributed by atoms with E-state index in [1.165, 1.54) is 21.4 Å². The molecule has 0 atom stereocenters. The number of para-hydroxylation sites is 2. The minimum Gasteiger partial charge on any atom is -0.332 e. The number of aryl methyl sites for hydroxylation is 1. The standard InChI is InChI=1S/C23H22FN2S.ClHO4/c1-2-25-16-14-18(19-9-3-4-10-20(19)25)8-7-13-23-26(17-15-24)21-11-5-6-12-22(21)27-23;2-1(3,4)5/h3-14,16H,2,15,17H2,1H3;(H,2,3,4,5)/q+1;/p-1. The number of allylic oxidation sites excluding steroid dienone is 2. The number of aromatic nitrogens is 1. The van der Waals surface area contributed by atoms with Crippen LogP contribution < -0.4 is 28.1 Å². The van der Waals surface area contributed by atoms with Crippen molar-refractivity contribution in [3.05, 3.63) is 83.5 Å². The highest BCUT2D eigenvalue weighted by Gasteiger charge is 2.23. The van der Waals surface area contributed by atoms with Crippen molar-refractivity contribution in [2.24, 2.45) is 0 Å². The number of halogens is 2. The normalized spacial score (nSPS) is 14.7. The van der Waals surface area contributed by atoms with E-state index in [2.05, 4.69) is 83.3 Å². The van der Waals surface area contributed by atoms with E-state index in [9.17, 15) is 4.39 Å². The number of benzene rings is 2. The summed E-state index contributed by atoms with van der Waals surface area (Å²) in [7, 11) is -4.94. The maximum atomic E-state index is 13.0. The molecule has 0 radical (unpaired) electrons. The molecule has 0 N–H and O–H groups in total. The number of alkyl halides is 1. The molecular weight excluding hydrogens is 455 g/mol. The average molecular weight is 477 g/mol. The lowest BCUT2D eigenvalue weighted by Gasteiger charge is -2.18. The van der Waals surface area contributed by atoms with Crippen molar-refractivity contribution >= 4 is 34.4 Å². The van der Waals surface area contributed by atoms with Crippen LogP contribution in [0.3, 0.4) is 0 Å². The summed E-state index contributed by atoms with van der Waals surface area (Å²) in [6.07, 6.45) is 8.41. The van der Waals surface area contributed by atoms with Gasteiger partial charge < -0.3 is 4.90 Å². The predicted octanol–water partition coefficient (Wildman–Crippen LogP) is 0.828. The molecule has 0 unspecified atom stereocenters. The second kappa shape index (κ2) is 10.9. The first-order chi connectivity index (χ1) is 15.3. The molecule has 0 saturated carbocycles. The van der Waals surface area contributed by atoms with Crippen molar-refractivity contribution in [1.82, 2.24) is 0 Å². The molecule has 0 amide bonds. The van der Waals surface area contributed by atoms with E-state index in [-0.39, 0.29) is 6.67 Å². The van der Waals surface area contributed by atoms with Gasteiger partial charge in [-0.1, -0.05) is 48.2 Å². The molecule has 6 nitrogen and oxygen atoms in total. The fourth-order valence-corrected chi connectivity index (χ4v) is 4.56. The van der Waals surface area contributed by atoms with E-state index in [1.807, 2.05) is 12.1 Å². The van der Waals surface area contributed by atoms with Gasteiger partial charge in [0, 0.05) is 17.0 Å². The monoisotopic (exact) mass is 476 g/mol. The molecule has 2 aromatic carbocycles. The second-order valence-corrected chi connectivity index (χ2v) is 8.54. The number of rotatable bonds is 5. The first kappa shape index (κ1) is 24.2. The van der Waals surface area contributed by atoms with Gasteiger partial charge in [-0.3, -0.25) is 0 Å². The zero-order chi connectivity index (χ0) is 23.1. The Hall–Kier alpha value is -2.46. The fraction of sp³-hybridized carbons (Fsp3) is 0.174. The van der Waals surface area contributed by atoms with E-state index in [0.29, 0.717) is 6.54 Å². The van der Waals surface area contributed by atoms with Gasteiger partial charge in [-0.2, -0.15) is 4.57 Å². The number of pyridine rings is 1. The molecule has 0 aliphatic carbocycles. The number of thioether (sulfide) groups is 1. The van der Waals surface area contributed by atoms with Crippen molar-refractivity contribution in [3.63, 3.8) is 0 Å². The average Bonchev–Trinajstić information content (AvgIpc) is 3.10. The Balaban J connectivity index is 0.000000523. The van der Waals surface area contributed by atoms with Crippen molar-refractivity contribution < 1.29 is 37.8 Å². The summed E-state index contributed by atoms with van der Waals surface area (Å²) in [6.45, 7) is 3.12. The van der Waals surface area contributed by atoms with Crippen LogP contribution >= 0.6 is 11.8 Å². The SMILES string of the molecule is CC[n+]1ccc(/C=C/C=C2/Sc3ccccc3N2CCF)c2ccccc21.[O-][Cl+3]([O-])([O-])[O-]. The van der Waals surface area contributed by atoms with Crippen LogP contribution in [-0.2, 0) is 6.54 Å². The molecule has 168 valence electrons. The van der Waals surface area contributed by atoms with E-state index in [1.54, 1.807) is 11.8 Å². The molecule has 1 aliphatic heterocycles. The quantitative estimate of drug-likeness (QED) is 0.506. The number of anilines is 1. The topological polar surface area (TPSA) is 99.4 Å². The van der Waals surface area contributed by atoms with Crippen LogP contribution in [0.2, 0.25) is 0 Å². The minimum absolute atomic E-state index is 0.365. The van der Waals surface area contributed by atoms with Gasteiger partial charge in [-0.05, 0) is 36.8 Å². The minimum atomic E-state index is -4.94. The third-order valence-corrected chi connectivity index (χ3v) is 5.89. The summed E-state index contributed by atoms with van der Waals surface area (Å²) in [4.78, 5) is 3.23. The van der Waals surface area contributed by atoms with Gasteiger partial charge >= 0.3 is 0 Å². The highest BCUT2D eigenvalue weighted by atomic mass is 35.7. The maximum Gasteiger partial charge on any atom is 0.213 e. The van der Waals surface area contributed by atoms with Crippen LogP contribution in [0.4, 0.5) is 10.1 Å². The first-order valence-electron chi connectivity index (χ1n) is 9.83. The van der Waals surface area contributed by atoms with Gasteiger partial charge in [0.2, 0.25) is 5.52 Å². The zero-order valence-electron chi connectivity index (χ0n) is 17.3. The summed E-state index contributed by atoms with van der Waals surface area (Å²) in [6, 6.07) is 18.8. The molecular formula is C23H22ClFN2O4S. The summed E-state index contributed by atoms with van der Waals surface area (Å²) in [5.41, 5.74) is 3.51. The third kappa shape index (κ3) is 6.29. The Labute approximate surface area is 192 Å². The van der Waals surface area contributed by atoms with Crippen LogP contribution in [0.25, 0.3) is 17.0 Å². The lowest BCUT2D eigenvalue weighted by atomic mass is 10.1. The predicted molar refractivity (Wildman–Crippen MR) is 113 cm³/mol. The molecule has 0 bridgehead atoms. The molecule has 1 aliphatic rings. The van der Waals surface area contributed by atoms with Crippen LogP contribution in [-0.4, -0.2) is 13.2 Å². The Bertz CT molecular complexity index is 1130. The Morgan fingerprint density at radius 1 is 1.03 bits per heavy atom. The van der Waals surface area contributed by atoms with E-state index in [4.69, 9.17) is 18.6 Å². The van der Waals surface area contributed by atoms with Crippen molar-refractivity contribution in [2.45, 2.75) is 18.4 Å². The van der Waals surface area contributed by atoms with E-state index in [0.717, 1.165) is 17.3 Å². The summed E-state index contributed by atoms with van der Waals surface area (Å²) >= 11 is 1.69. The molecule has 1 aromatic heterocycles. The fourth-order valence-electron chi connectivity index (χ4n) is 3.46. The third-order valence-electron chi connectivity index (χ3n) is 4.76. The van der Waals surface area contributed by atoms with Crippen LogP contribution in [0.15, 0.2) is 82.9 Å². The number of hydrogen-bond donors (Lipinski definition) is 0. The molecule has 9 heteroatoms. The highest BCUT2D eigenvalue weighted by molar-refractivity contribution is 8.03. The summed E-state index contributed by atoms with van der Waals surface area (Å²) in [5.74, 6) is 0. The van der Waals surface area contributed by atoms with Crippen molar-refractivity contribution in [3.8, 4) is 0 Å². The van der Waals surface area contributed by atoms with Crippen molar-refractivity contribution in [1.29, 1.82) is 0 Å². The highest BCUT2D eigenvalue weighted by Crippen LogP contribution is 2.45. The largest absolute Gasteiger partial charge is 0.332 e. The summed E-state index contributed by atoms with van der Waals surface area (Å²) < 4.78 is 49.3. The first-order valence-corrected chi connectivity index (χ1v) is 11.9. The zero-order valence-corrected chi connectivity index (χ0v) is 18.9. The van der Waals surface area contributed by atoms with Gasteiger partial charge in [0.25, 0.3) is 0 Å². The number of fused-ring (bicyclic) bond motifs is 2. The van der Waals surface area contributed by atoms with Gasteiger partial charge in [-0.25, -0.2) is 23.0 Å². The molecule has 2 heterocycles. The Kier molecular flexibility index (Phi) is 8.25. The van der Waals surface area contributed by atoms with Crippen molar-refractivity contribution in [2.75, 3.05) is 18.1 Å². The van der Waals surface area contributed by atoms with Gasteiger partial charge in [0.15, 0.2) is 6.20 Å². The van der Waals surface area contributed by atoms with Crippen LogP contribution in [0, 0.1) is 10.2 Å². The molecule has 0 spiro atoms. The summed E-state index contributed by atoms with van der Waals surface area (Å²) in [5, 5.41) is 2.30. The van der Waals surface area contributed by atoms with E-state index >= 15 is 0 Å². The molecule has 0 fully saturated rings. The van der Waals surface area contributed by atoms with Crippen LogP contribution in [0.5, 0.6) is 0 Å². The second-order valence-electron chi connectivity index (χ2n) is 6.73. The Morgan fingerprint density at radius 3 is 2.44 bits per heavy atom. The van der Waals surface area contributed by atoms with E-state index < -0.39 is 10.2 Å². The number of nitrogens with zero attached hydrogens (tertiary/aromatic N) is 2. The smallest absolute Gasteiger partial charge is 0.213 e. The Morgan fingerprint density at radius 2 is 1.72 bits per heavy atom.